The van der Waals surface area contributed by atoms with Crippen LogP contribution in [0, 0.1) is 0 Å². The van der Waals surface area contributed by atoms with Gasteiger partial charge in [-0.1, -0.05) is 18.5 Å². The molecule has 0 unspecified atom stereocenters. The molecule has 2 aromatic rings. The summed E-state index contributed by atoms with van der Waals surface area (Å²) in [5.74, 6) is 1.44. The number of benzene rings is 2. The summed E-state index contributed by atoms with van der Waals surface area (Å²) in [5.41, 5.74) is 3.26. The van der Waals surface area contributed by atoms with E-state index in [-0.39, 0.29) is 0 Å². The van der Waals surface area contributed by atoms with Gasteiger partial charge in [0.05, 0.1) is 26.4 Å². The molecule has 1 heterocycles. The second-order valence-corrected chi connectivity index (χ2v) is 7.08. The van der Waals surface area contributed by atoms with Crippen molar-refractivity contribution in [3.05, 3.63) is 47.0 Å². The van der Waals surface area contributed by atoms with E-state index in [1.807, 2.05) is 19.1 Å². The van der Waals surface area contributed by atoms with Crippen molar-refractivity contribution in [2.45, 2.75) is 26.8 Å². The summed E-state index contributed by atoms with van der Waals surface area (Å²) in [6, 6.07) is 12.3. The third-order valence-electron chi connectivity index (χ3n) is 4.60. The summed E-state index contributed by atoms with van der Waals surface area (Å²) >= 11 is 6.48. The second-order valence-electron chi connectivity index (χ2n) is 6.67. The summed E-state index contributed by atoms with van der Waals surface area (Å²) in [4.78, 5) is 2.34. The van der Waals surface area contributed by atoms with Gasteiger partial charge in [0.2, 0.25) is 0 Å². The first-order chi connectivity index (χ1) is 13.7. The molecule has 1 saturated heterocycles. The molecule has 1 fully saturated rings. The van der Waals surface area contributed by atoms with Gasteiger partial charge >= 0.3 is 0 Å². The Morgan fingerprint density at radius 1 is 1.04 bits per heavy atom. The number of morpholine rings is 1. The standard InChI is InChI=1S/C22H29ClN2O3/c1-3-11-28-22-15-20(23)17(14-21(22)27-4-2)16-24-18-5-7-19(8-6-18)25-9-12-26-13-10-25/h5-8,14-15,24H,3-4,9-13,16H2,1-2H3. The van der Waals surface area contributed by atoms with Crippen LogP contribution in [0.1, 0.15) is 25.8 Å². The predicted molar refractivity (Wildman–Crippen MR) is 115 cm³/mol. The van der Waals surface area contributed by atoms with Crippen LogP contribution in [0.3, 0.4) is 0 Å². The quantitative estimate of drug-likeness (QED) is 0.638. The van der Waals surface area contributed by atoms with Crippen molar-refractivity contribution in [2.24, 2.45) is 0 Å². The molecular formula is C22H29ClN2O3. The summed E-state index contributed by atoms with van der Waals surface area (Å²) in [6.07, 6.45) is 0.937. The number of ether oxygens (including phenoxy) is 3. The smallest absolute Gasteiger partial charge is 0.162 e. The molecule has 0 spiro atoms. The van der Waals surface area contributed by atoms with Gasteiger partial charge in [-0.3, -0.25) is 0 Å². The fourth-order valence-corrected chi connectivity index (χ4v) is 3.34. The minimum atomic E-state index is 0.583. The molecule has 2 aromatic carbocycles. The molecular weight excluding hydrogens is 376 g/mol. The molecule has 0 saturated carbocycles. The zero-order chi connectivity index (χ0) is 19.8. The molecule has 152 valence electrons. The normalized spacial score (nSPS) is 14.0. The van der Waals surface area contributed by atoms with Gasteiger partial charge in [0, 0.05) is 42.1 Å². The predicted octanol–water partition coefficient (Wildman–Crippen LogP) is 4.98. The Bertz CT molecular complexity index is 746. The van der Waals surface area contributed by atoms with Crippen LogP contribution in [0.4, 0.5) is 11.4 Å². The van der Waals surface area contributed by atoms with E-state index in [0.717, 1.165) is 49.7 Å². The fourth-order valence-electron chi connectivity index (χ4n) is 3.11. The SMILES string of the molecule is CCCOc1cc(Cl)c(CNc2ccc(N3CCOCC3)cc2)cc1OCC. The third kappa shape index (κ3) is 5.46. The fraction of sp³-hybridized carbons (Fsp3) is 0.455. The average molecular weight is 405 g/mol. The molecule has 0 bridgehead atoms. The lowest BCUT2D eigenvalue weighted by Crippen LogP contribution is -2.36. The molecule has 0 aliphatic carbocycles. The van der Waals surface area contributed by atoms with Crippen LogP contribution in [-0.2, 0) is 11.3 Å². The zero-order valence-corrected chi connectivity index (χ0v) is 17.4. The molecule has 0 radical (unpaired) electrons. The van der Waals surface area contributed by atoms with Crippen LogP contribution in [0.25, 0.3) is 0 Å². The van der Waals surface area contributed by atoms with Crippen LogP contribution in [-0.4, -0.2) is 39.5 Å². The Kier molecular flexibility index (Phi) is 7.69. The van der Waals surface area contributed by atoms with Crippen molar-refractivity contribution in [2.75, 3.05) is 49.7 Å². The topological polar surface area (TPSA) is 43.0 Å². The van der Waals surface area contributed by atoms with Crippen molar-refractivity contribution in [3.8, 4) is 11.5 Å². The molecule has 6 heteroatoms. The molecule has 1 N–H and O–H groups in total. The van der Waals surface area contributed by atoms with Gasteiger partial charge in [-0.05, 0) is 49.2 Å². The average Bonchev–Trinajstić information content (AvgIpc) is 2.74. The van der Waals surface area contributed by atoms with Crippen LogP contribution >= 0.6 is 11.6 Å². The monoisotopic (exact) mass is 404 g/mol. The van der Waals surface area contributed by atoms with E-state index in [2.05, 4.69) is 41.4 Å². The summed E-state index contributed by atoms with van der Waals surface area (Å²) in [6.45, 7) is 9.34. The maximum Gasteiger partial charge on any atom is 0.162 e. The van der Waals surface area contributed by atoms with Gasteiger partial charge in [-0.25, -0.2) is 0 Å². The summed E-state index contributed by atoms with van der Waals surface area (Å²) < 4.78 is 16.9. The highest BCUT2D eigenvalue weighted by molar-refractivity contribution is 6.31. The van der Waals surface area contributed by atoms with Gasteiger partial charge in [0.25, 0.3) is 0 Å². The number of hydrogen-bond acceptors (Lipinski definition) is 5. The lowest BCUT2D eigenvalue weighted by Gasteiger charge is -2.29. The summed E-state index contributed by atoms with van der Waals surface area (Å²) in [7, 11) is 0. The number of hydrogen-bond donors (Lipinski definition) is 1. The first-order valence-electron chi connectivity index (χ1n) is 9.96. The van der Waals surface area contributed by atoms with E-state index in [4.69, 9.17) is 25.8 Å². The molecule has 0 amide bonds. The molecule has 1 aliphatic heterocycles. The first-order valence-corrected chi connectivity index (χ1v) is 10.3. The van der Waals surface area contributed by atoms with E-state index in [1.165, 1.54) is 5.69 Å². The Morgan fingerprint density at radius 2 is 1.75 bits per heavy atom. The molecule has 5 nitrogen and oxygen atoms in total. The maximum absolute atomic E-state index is 6.48. The van der Waals surface area contributed by atoms with Gasteiger partial charge in [0.1, 0.15) is 0 Å². The lowest BCUT2D eigenvalue weighted by atomic mass is 10.2. The second kappa shape index (κ2) is 10.4. The Morgan fingerprint density at radius 3 is 2.43 bits per heavy atom. The van der Waals surface area contributed by atoms with Crippen LogP contribution in [0.15, 0.2) is 36.4 Å². The van der Waals surface area contributed by atoms with Crippen molar-refractivity contribution < 1.29 is 14.2 Å². The number of anilines is 2. The number of nitrogens with one attached hydrogen (secondary N) is 1. The van der Waals surface area contributed by atoms with Gasteiger partial charge in [-0.2, -0.15) is 0 Å². The minimum absolute atomic E-state index is 0.583. The van der Waals surface area contributed by atoms with E-state index >= 15 is 0 Å². The zero-order valence-electron chi connectivity index (χ0n) is 16.7. The maximum atomic E-state index is 6.48. The van der Waals surface area contributed by atoms with Crippen molar-refractivity contribution in [1.29, 1.82) is 0 Å². The lowest BCUT2D eigenvalue weighted by molar-refractivity contribution is 0.122. The van der Waals surface area contributed by atoms with Crippen molar-refractivity contribution in [3.63, 3.8) is 0 Å². The van der Waals surface area contributed by atoms with E-state index in [1.54, 1.807) is 0 Å². The van der Waals surface area contributed by atoms with E-state index in [9.17, 15) is 0 Å². The molecule has 0 atom stereocenters. The molecule has 28 heavy (non-hydrogen) atoms. The van der Waals surface area contributed by atoms with Gasteiger partial charge < -0.3 is 24.4 Å². The van der Waals surface area contributed by atoms with E-state index < -0.39 is 0 Å². The number of halogens is 1. The highest BCUT2D eigenvalue weighted by Gasteiger charge is 2.12. The largest absolute Gasteiger partial charge is 0.490 e. The van der Waals surface area contributed by atoms with Crippen LogP contribution < -0.4 is 19.7 Å². The van der Waals surface area contributed by atoms with Gasteiger partial charge in [-0.15, -0.1) is 0 Å². The van der Waals surface area contributed by atoms with Gasteiger partial charge in [0.15, 0.2) is 11.5 Å². The minimum Gasteiger partial charge on any atom is -0.490 e. The Labute approximate surface area is 172 Å². The highest BCUT2D eigenvalue weighted by atomic mass is 35.5. The summed E-state index contributed by atoms with van der Waals surface area (Å²) in [5, 5.41) is 4.11. The first kappa shape index (κ1) is 20.6. The Balaban J connectivity index is 1.65. The van der Waals surface area contributed by atoms with Crippen molar-refractivity contribution in [1.82, 2.24) is 0 Å². The highest BCUT2D eigenvalue weighted by Crippen LogP contribution is 2.34. The van der Waals surface area contributed by atoms with Crippen molar-refractivity contribution >= 4 is 23.0 Å². The van der Waals surface area contributed by atoms with Crippen LogP contribution in [0.5, 0.6) is 11.5 Å². The molecule has 1 aliphatic rings. The molecule has 0 aromatic heterocycles. The van der Waals surface area contributed by atoms with Crippen LogP contribution in [0.2, 0.25) is 5.02 Å². The molecule has 3 rings (SSSR count). The number of rotatable bonds is 9. The third-order valence-corrected chi connectivity index (χ3v) is 4.95. The van der Waals surface area contributed by atoms with E-state index in [0.29, 0.717) is 30.5 Å². The Hall–Kier alpha value is -2.11. The number of nitrogens with zero attached hydrogens (tertiary/aromatic N) is 1.